The first kappa shape index (κ1) is 16.3. The summed E-state index contributed by atoms with van der Waals surface area (Å²) in [6.07, 6.45) is 2.07. The number of carboxylic acids is 1. The van der Waals surface area contributed by atoms with E-state index in [1.54, 1.807) is 12.0 Å². The monoisotopic (exact) mass is 305 g/mol. The van der Waals surface area contributed by atoms with Gasteiger partial charge in [-0.2, -0.15) is 0 Å². The van der Waals surface area contributed by atoms with Crippen LogP contribution in [0.4, 0.5) is 0 Å². The second kappa shape index (κ2) is 7.29. The van der Waals surface area contributed by atoms with Crippen LogP contribution in [0.1, 0.15) is 25.3 Å². The van der Waals surface area contributed by atoms with Crippen molar-refractivity contribution < 1.29 is 19.4 Å². The summed E-state index contributed by atoms with van der Waals surface area (Å²) >= 11 is 0. The molecule has 5 nitrogen and oxygen atoms in total. The highest BCUT2D eigenvalue weighted by Gasteiger charge is 2.30. The molecule has 0 aromatic heterocycles. The van der Waals surface area contributed by atoms with Gasteiger partial charge >= 0.3 is 5.97 Å². The third kappa shape index (κ3) is 4.00. The van der Waals surface area contributed by atoms with Gasteiger partial charge in [-0.25, -0.2) is 0 Å². The number of ether oxygens (including phenoxy) is 1. The highest BCUT2D eigenvalue weighted by Crippen LogP contribution is 2.21. The molecule has 1 aliphatic rings. The van der Waals surface area contributed by atoms with Gasteiger partial charge < -0.3 is 14.7 Å². The van der Waals surface area contributed by atoms with Crippen molar-refractivity contribution in [1.29, 1.82) is 0 Å². The first-order chi connectivity index (χ1) is 10.5. The number of nitrogens with zero attached hydrogens (tertiary/aromatic N) is 1. The zero-order valence-electron chi connectivity index (χ0n) is 13.1. The minimum absolute atomic E-state index is 0.0433. The molecule has 5 heteroatoms. The summed E-state index contributed by atoms with van der Waals surface area (Å²) in [7, 11) is 1.62. The largest absolute Gasteiger partial charge is 0.497 e. The van der Waals surface area contributed by atoms with Gasteiger partial charge in [-0.15, -0.1) is 0 Å². The molecule has 0 aliphatic carbocycles. The molecule has 22 heavy (non-hydrogen) atoms. The Morgan fingerprint density at radius 3 is 2.64 bits per heavy atom. The summed E-state index contributed by atoms with van der Waals surface area (Å²) < 4.78 is 5.12. The molecule has 1 fully saturated rings. The van der Waals surface area contributed by atoms with Crippen molar-refractivity contribution in [2.45, 2.75) is 26.2 Å². The van der Waals surface area contributed by atoms with Gasteiger partial charge in [0.05, 0.1) is 13.0 Å². The van der Waals surface area contributed by atoms with Crippen molar-refractivity contribution in [1.82, 2.24) is 4.90 Å². The normalized spacial score (nSPS) is 19.5. The quantitative estimate of drug-likeness (QED) is 0.905. The molecule has 0 radical (unpaired) electrons. The first-order valence-corrected chi connectivity index (χ1v) is 7.65. The fraction of sp³-hybridized carbons (Fsp3) is 0.529. The summed E-state index contributed by atoms with van der Waals surface area (Å²) in [5.41, 5.74) is 1.08. The Labute approximate surface area is 130 Å². The zero-order valence-corrected chi connectivity index (χ0v) is 13.1. The van der Waals surface area contributed by atoms with Crippen LogP contribution in [-0.2, 0) is 16.0 Å². The summed E-state index contributed by atoms with van der Waals surface area (Å²) in [5, 5.41) is 9.11. The van der Waals surface area contributed by atoms with E-state index in [-0.39, 0.29) is 11.8 Å². The molecule has 0 spiro atoms. The molecule has 1 saturated heterocycles. The van der Waals surface area contributed by atoms with Crippen molar-refractivity contribution in [3.8, 4) is 5.75 Å². The lowest BCUT2D eigenvalue weighted by Gasteiger charge is -2.32. The number of methoxy groups -OCH3 is 1. The summed E-state index contributed by atoms with van der Waals surface area (Å²) in [6.45, 7) is 2.90. The average molecular weight is 305 g/mol. The smallest absolute Gasteiger partial charge is 0.308 e. The van der Waals surface area contributed by atoms with Gasteiger partial charge in [0.15, 0.2) is 0 Å². The van der Waals surface area contributed by atoms with Crippen LogP contribution >= 0.6 is 0 Å². The van der Waals surface area contributed by atoms with E-state index < -0.39 is 11.9 Å². The Morgan fingerprint density at radius 2 is 2.05 bits per heavy atom. The summed E-state index contributed by atoms with van der Waals surface area (Å²) in [5.74, 6) is -0.544. The van der Waals surface area contributed by atoms with Crippen molar-refractivity contribution in [3.63, 3.8) is 0 Å². The van der Waals surface area contributed by atoms with Crippen molar-refractivity contribution in [3.05, 3.63) is 29.8 Å². The van der Waals surface area contributed by atoms with E-state index in [9.17, 15) is 9.59 Å². The lowest BCUT2D eigenvalue weighted by Crippen LogP contribution is -2.44. The van der Waals surface area contributed by atoms with Gasteiger partial charge in [0.2, 0.25) is 5.91 Å². The topological polar surface area (TPSA) is 66.8 Å². The molecule has 0 saturated carbocycles. The maximum Gasteiger partial charge on any atom is 0.308 e. The molecule has 2 atom stereocenters. The molecular weight excluding hydrogens is 282 g/mol. The van der Waals surface area contributed by atoms with Crippen molar-refractivity contribution in [2.75, 3.05) is 20.2 Å². The van der Waals surface area contributed by atoms with E-state index >= 15 is 0 Å². The molecule has 1 N–H and O–H groups in total. The van der Waals surface area contributed by atoms with E-state index in [1.165, 1.54) is 0 Å². The molecule has 1 aliphatic heterocycles. The number of carboxylic acid groups (broad SMARTS) is 1. The molecule has 0 bridgehead atoms. The molecule has 1 heterocycles. The number of hydrogen-bond acceptors (Lipinski definition) is 3. The molecule has 1 aromatic carbocycles. The Bertz CT molecular complexity index is 526. The number of aliphatic carboxylic acids is 1. The Morgan fingerprint density at radius 1 is 1.36 bits per heavy atom. The second-order valence-corrected chi connectivity index (χ2v) is 5.91. The lowest BCUT2D eigenvalue weighted by molar-refractivity contribution is -0.146. The maximum absolute atomic E-state index is 12.5. The average Bonchev–Trinajstić information content (AvgIpc) is 2.54. The predicted molar refractivity (Wildman–Crippen MR) is 82.8 cm³/mol. The highest BCUT2D eigenvalue weighted by atomic mass is 16.5. The summed E-state index contributed by atoms with van der Waals surface area (Å²) in [6, 6.07) is 7.68. The predicted octanol–water partition coefficient (Wildman–Crippen LogP) is 2.20. The van der Waals surface area contributed by atoms with Gasteiger partial charge in [-0.05, 0) is 37.0 Å². The van der Waals surface area contributed by atoms with Crippen LogP contribution in [0, 0.1) is 11.8 Å². The van der Waals surface area contributed by atoms with Gasteiger partial charge in [0.1, 0.15) is 5.75 Å². The van der Waals surface area contributed by atoms with E-state index in [0.717, 1.165) is 17.7 Å². The van der Waals surface area contributed by atoms with Crippen LogP contribution in [0.3, 0.4) is 0 Å². The Kier molecular flexibility index (Phi) is 5.41. The van der Waals surface area contributed by atoms with Crippen molar-refractivity contribution in [2.24, 2.45) is 11.8 Å². The molecule has 1 amide bonds. The van der Waals surface area contributed by atoms with Crippen LogP contribution in [0.5, 0.6) is 5.75 Å². The maximum atomic E-state index is 12.5. The van der Waals surface area contributed by atoms with E-state index in [0.29, 0.717) is 25.9 Å². The molecule has 1 aromatic rings. The Hall–Kier alpha value is -2.04. The molecule has 120 valence electrons. The lowest BCUT2D eigenvalue weighted by atomic mass is 9.95. The minimum atomic E-state index is -0.805. The van der Waals surface area contributed by atoms with Gasteiger partial charge in [0.25, 0.3) is 0 Å². The zero-order chi connectivity index (χ0) is 16.1. The van der Waals surface area contributed by atoms with Gasteiger partial charge in [-0.1, -0.05) is 19.1 Å². The fourth-order valence-electron chi connectivity index (χ4n) is 2.89. The molecular formula is C17H23NO4. The van der Waals surface area contributed by atoms with E-state index in [2.05, 4.69) is 0 Å². The number of likely N-dealkylation sites (tertiary alicyclic amines) is 1. The second-order valence-electron chi connectivity index (χ2n) is 5.91. The number of rotatable bonds is 5. The van der Waals surface area contributed by atoms with Crippen molar-refractivity contribution >= 4 is 11.9 Å². The fourth-order valence-corrected chi connectivity index (χ4v) is 2.89. The summed E-state index contributed by atoms with van der Waals surface area (Å²) in [4.78, 5) is 25.3. The standard InChI is InChI=1S/C17H23NO4/c1-12(10-13-5-7-15(22-2)8-6-13)16(19)18-9-3-4-14(11-18)17(20)21/h5-8,12,14H,3-4,9-11H2,1-2H3,(H,20,21)/t12-,14+/m1/s1. The number of amides is 1. The molecule has 2 rings (SSSR count). The SMILES string of the molecule is COc1ccc(C[C@@H](C)C(=O)N2CCC[C@H](C(=O)O)C2)cc1. The number of piperidine rings is 1. The molecule has 0 unspecified atom stereocenters. The van der Waals surface area contributed by atoms with Crippen LogP contribution in [0.25, 0.3) is 0 Å². The first-order valence-electron chi connectivity index (χ1n) is 7.65. The van der Waals surface area contributed by atoms with Gasteiger partial charge in [0, 0.05) is 19.0 Å². The Balaban J connectivity index is 1.94. The third-order valence-corrected chi connectivity index (χ3v) is 4.20. The van der Waals surface area contributed by atoms with Crippen LogP contribution in [-0.4, -0.2) is 42.1 Å². The minimum Gasteiger partial charge on any atom is -0.497 e. The van der Waals surface area contributed by atoms with Gasteiger partial charge in [-0.3, -0.25) is 9.59 Å². The number of benzene rings is 1. The number of carbonyl (C=O) groups is 2. The number of carbonyl (C=O) groups excluding carboxylic acids is 1. The van der Waals surface area contributed by atoms with Crippen LogP contribution in [0.15, 0.2) is 24.3 Å². The highest BCUT2D eigenvalue weighted by molar-refractivity contribution is 5.80. The van der Waals surface area contributed by atoms with Crippen LogP contribution < -0.4 is 4.74 Å². The third-order valence-electron chi connectivity index (χ3n) is 4.20. The van der Waals surface area contributed by atoms with Crippen LogP contribution in [0.2, 0.25) is 0 Å². The van der Waals surface area contributed by atoms with E-state index in [1.807, 2.05) is 31.2 Å². The van der Waals surface area contributed by atoms with E-state index in [4.69, 9.17) is 9.84 Å². The number of hydrogen-bond donors (Lipinski definition) is 1.